The van der Waals surface area contributed by atoms with Gasteiger partial charge in [0.05, 0.1) is 11.5 Å². The summed E-state index contributed by atoms with van der Waals surface area (Å²) in [4.78, 5) is 23.0. The lowest BCUT2D eigenvalue weighted by atomic mass is 9.79. The van der Waals surface area contributed by atoms with Crippen molar-refractivity contribution < 1.29 is 19.4 Å². The van der Waals surface area contributed by atoms with Crippen LogP contribution in [0.5, 0.6) is 0 Å². The Morgan fingerprint density at radius 1 is 1.28 bits per heavy atom. The summed E-state index contributed by atoms with van der Waals surface area (Å²) in [6.45, 7) is 8.37. The molecule has 0 rings (SSSR count). The average Bonchev–Trinajstić information content (AvgIpc) is 2.33. The highest BCUT2D eigenvalue weighted by molar-refractivity contribution is 5.84. The van der Waals surface area contributed by atoms with Crippen LogP contribution in [0.25, 0.3) is 0 Å². The van der Waals surface area contributed by atoms with Crippen molar-refractivity contribution in [3.8, 4) is 0 Å². The SMILES string of the molecule is CCOC(C)CNC(=O)CC(CC)(CC)C(=O)O. The van der Waals surface area contributed by atoms with Crippen molar-refractivity contribution in [1.29, 1.82) is 0 Å². The number of carboxylic acids is 1. The van der Waals surface area contributed by atoms with Gasteiger partial charge in [-0.05, 0) is 26.7 Å². The van der Waals surface area contributed by atoms with Crippen LogP contribution in [0.4, 0.5) is 0 Å². The van der Waals surface area contributed by atoms with Crippen LogP contribution in [0.1, 0.15) is 47.0 Å². The highest BCUT2D eigenvalue weighted by Crippen LogP contribution is 2.30. The molecule has 5 nitrogen and oxygen atoms in total. The number of carbonyl (C=O) groups excluding carboxylic acids is 1. The summed E-state index contributed by atoms with van der Waals surface area (Å²) in [7, 11) is 0. The molecule has 1 atom stereocenters. The molecule has 0 fully saturated rings. The molecule has 0 aromatic heterocycles. The van der Waals surface area contributed by atoms with Gasteiger partial charge in [0.25, 0.3) is 0 Å². The molecule has 0 aliphatic carbocycles. The fourth-order valence-corrected chi connectivity index (χ4v) is 1.85. The van der Waals surface area contributed by atoms with E-state index in [0.717, 1.165) is 0 Å². The third-order valence-electron chi connectivity index (χ3n) is 3.34. The molecule has 0 saturated heterocycles. The predicted octanol–water partition coefficient (Wildman–Crippen LogP) is 1.81. The Balaban J connectivity index is 4.32. The number of carbonyl (C=O) groups is 2. The summed E-state index contributed by atoms with van der Waals surface area (Å²) in [5.74, 6) is -1.13. The number of rotatable bonds is 9. The molecule has 5 heteroatoms. The monoisotopic (exact) mass is 259 g/mol. The fourth-order valence-electron chi connectivity index (χ4n) is 1.85. The van der Waals surface area contributed by atoms with E-state index in [2.05, 4.69) is 5.32 Å². The third kappa shape index (κ3) is 5.04. The summed E-state index contributed by atoms with van der Waals surface area (Å²) in [5, 5.41) is 11.9. The third-order valence-corrected chi connectivity index (χ3v) is 3.34. The minimum Gasteiger partial charge on any atom is -0.481 e. The van der Waals surface area contributed by atoms with Crippen molar-refractivity contribution in [3.63, 3.8) is 0 Å². The summed E-state index contributed by atoms with van der Waals surface area (Å²) in [5.41, 5.74) is -0.946. The molecule has 18 heavy (non-hydrogen) atoms. The van der Waals surface area contributed by atoms with E-state index in [9.17, 15) is 14.7 Å². The fraction of sp³-hybridized carbons (Fsp3) is 0.846. The Hall–Kier alpha value is -1.10. The van der Waals surface area contributed by atoms with Gasteiger partial charge in [0.2, 0.25) is 5.91 Å². The number of hydrogen-bond donors (Lipinski definition) is 2. The van der Waals surface area contributed by atoms with Crippen molar-refractivity contribution in [2.45, 2.75) is 53.1 Å². The van der Waals surface area contributed by atoms with Crippen LogP contribution < -0.4 is 5.32 Å². The molecule has 2 N–H and O–H groups in total. The molecule has 0 aromatic carbocycles. The van der Waals surface area contributed by atoms with E-state index in [1.54, 1.807) is 13.8 Å². The minimum atomic E-state index is -0.946. The first-order chi connectivity index (χ1) is 8.41. The number of ether oxygens (including phenoxy) is 1. The number of aliphatic carboxylic acids is 1. The maximum absolute atomic E-state index is 11.8. The Labute approximate surface area is 109 Å². The molecular weight excluding hydrogens is 234 g/mol. The van der Waals surface area contributed by atoms with Gasteiger partial charge in [-0.3, -0.25) is 9.59 Å². The van der Waals surface area contributed by atoms with Crippen LogP contribution in [-0.2, 0) is 14.3 Å². The number of hydrogen-bond acceptors (Lipinski definition) is 3. The largest absolute Gasteiger partial charge is 0.481 e. The Kier molecular flexibility index (Phi) is 7.59. The van der Waals surface area contributed by atoms with Gasteiger partial charge in [-0.15, -0.1) is 0 Å². The second-order valence-corrected chi connectivity index (χ2v) is 4.54. The first-order valence-corrected chi connectivity index (χ1v) is 6.53. The Bertz CT molecular complexity index is 274. The van der Waals surface area contributed by atoms with Crippen molar-refractivity contribution in [2.75, 3.05) is 13.2 Å². The van der Waals surface area contributed by atoms with Gasteiger partial charge in [0, 0.05) is 19.6 Å². The Morgan fingerprint density at radius 2 is 1.83 bits per heavy atom. The molecule has 0 aliphatic heterocycles. The predicted molar refractivity (Wildman–Crippen MR) is 69.4 cm³/mol. The van der Waals surface area contributed by atoms with E-state index < -0.39 is 11.4 Å². The second kappa shape index (κ2) is 8.08. The molecule has 106 valence electrons. The standard InChI is InChI=1S/C13H25NO4/c1-5-13(6-2,12(16)17)8-11(15)14-9-10(4)18-7-3/h10H,5-9H2,1-4H3,(H,14,15)(H,16,17). The van der Waals surface area contributed by atoms with Crippen molar-refractivity contribution in [3.05, 3.63) is 0 Å². The number of carboxylic acid groups (broad SMARTS) is 1. The maximum atomic E-state index is 11.8. The quantitative estimate of drug-likeness (QED) is 0.662. The molecule has 0 radical (unpaired) electrons. The zero-order chi connectivity index (χ0) is 14.2. The molecular formula is C13H25NO4. The summed E-state index contributed by atoms with van der Waals surface area (Å²) >= 11 is 0. The summed E-state index contributed by atoms with van der Waals surface area (Å²) in [6.07, 6.45) is 0.871. The molecule has 0 bridgehead atoms. The van der Waals surface area contributed by atoms with E-state index in [1.165, 1.54) is 0 Å². The summed E-state index contributed by atoms with van der Waals surface area (Å²) in [6, 6.07) is 0. The lowest BCUT2D eigenvalue weighted by Crippen LogP contribution is -2.39. The average molecular weight is 259 g/mol. The first-order valence-electron chi connectivity index (χ1n) is 6.53. The van der Waals surface area contributed by atoms with Crippen LogP contribution >= 0.6 is 0 Å². The molecule has 0 aromatic rings. The molecule has 1 amide bonds. The van der Waals surface area contributed by atoms with E-state index in [4.69, 9.17) is 4.74 Å². The van der Waals surface area contributed by atoms with Crippen LogP contribution in [0.15, 0.2) is 0 Å². The first kappa shape index (κ1) is 16.9. The zero-order valence-corrected chi connectivity index (χ0v) is 11.8. The van der Waals surface area contributed by atoms with Crippen LogP contribution in [-0.4, -0.2) is 36.2 Å². The van der Waals surface area contributed by atoms with Crippen molar-refractivity contribution in [2.24, 2.45) is 5.41 Å². The Morgan fingerprint density at radius 3 is 2.22 bits per heavy atom. The highest BCUT2D eigenvalue weighted by atomic mass is 16.5. The molecule has 0 heterocycles. The zero-order valence-electron chi connectivity index (χ0n) is 11.8. The normalized spacial score (nSPS) is 13.1. The van der Waals surface area contributed by atoms with Crippen LogP contribution in [0.3, 0.4) is 0 Å². The molecule has 0 spiro atoms. The van der Waals surface area contributed by atoms with Gasteiger partial charge < -0.3 is 15.2 Å². The van der Waals surface area contributed by atoms with Crippen molar-refractivity contribution >= 4 is 11.9 Å². The van der Waals surface area contributed by atoms with E-state index in [-0.39, 0.29) is 18.4 Å². The van der Waals surface area contributed by atoms with E-state index in [1.807, 2.05) is 13.8 Å². The van der Waals surface area contributed by atoms with E-state index >= 15 is 0 Å². The highest BCUT2D eigenvalue weighted by Gasteiger charge is 2.37. The molecule has 0 saturated carbocycles. The van der Waals surface area contributed by atoms with Crippen LogP contribution in [0.2, 0.25) is 0 Å². The summed E-state index contributed by atoms with van der Waals surface area (Å²) < 4.78 is 5.29. The second-order valence-electron chi connectivity index (χ2n) is 4.54. The van der Waals surface area contributed by atoms with Gasteiger partial charge in [-0.25, -0.2) is 0 Å². The minimum absolute atomic E-state index is 0.0220. The van der Waals surface area contributed by atoms with Gasteiger partial charge in [-0.2, -0.15) is 0 Å². The van der Waals surface area contributed by atoms with Gasteiger partial charge >= 0.3 is 5.97 Å². The van der Waals surface area contributed by atoms with Gasteiger partial charge in [0.1, 0.15) is 0 Å². The number of nitrogens with one attached hydrogen (secondary N) is 1. The van der Waals surface area contributed by atoms with E-state index in [0.29, 0.717) is 26.0 Å². The molecule has 0 aliphatic rings. The lowest BCUT2D eigenvalue weighted by Gasteiger charge is -2.26. The maximum Gasteiger partial charge on any atom is 0.310 e. The molecule has 1 unspecified atom stereocenters. The van der Waals surface area contributed by atoms with Crippen LogP contribution in [0, 0.1) is 5.41 Å². The number of amides is 1. The topological polar surface area (TPSA) is 75.6 Å². The lowest BCUT2D eigenvalue weighted by molar-refractivity contribution is -0.152. The van der Waals surface area contributed by atoms with Crippen molar-refractivity contribution in [1.82, 2.24) is 5.32 Å². The van der Waals surface area contributed by atoms with Gasteiger partial charge in [0.15, 0.2) is 0 Å². The smallest absolute Gasteiger partial charge is 0.310 e. The van der Waals surface area contributed by atoms with Gasteiger partial charge in [-0.1, -0.05) is 13.8 Å².